The van der Waals surface area contributed by atoms with Crippen molar-refractivity contribution in [1.29, 1.82) is 0 Å². The molecule has 2 heterocycles. The predicted molar refractivity (Wildman–Crippen MR) is 177 cm³/mol. The Bertz CT molecular complexity index is 2280. The van der Waals surface area contributed by atoms with Crippen LogP contribution < -0.4 is 10.3 Å². The van der Waals surface area contributed by atoms with Gasteiger partial charge in [-0.1, -0.05) is 87.7 Å². The summed E-state index contributed by atoms with van der Waals surface area (Å²) in [5.74, 6) is 1.29. The molecule has 210 valence electrons. The minimum Gasteiger partial charge on any atom is -0.488 e. The lowest BCUT2D eigenvalue weighted by molar-refractivity contribution is 0.306. The third-order valence-corrected chi connectivity index (χ3v) is 8.30. The SMILES string of the molecule is O=c1c2ccccc2nc(-c2cc3cc(Br)ccc3o2)n1N=Cc1c(OCc2ccc(Cl)c(Cl)c2)ccc2ccccc12. The van der Waals surface area contributed by atoms with Gasteiger partial charge in [0.15, 0.2) is 5.76 Å². The highest BCUT2D eigenvalue weighted by molar-refractivity contribution is 9.10. The van der Waals surface area contributed by atoms with E-state index in [0.717, 1.165) is 26.2 Å². The second-order valence-corrected chi connectivity index (χ2v) is 11.6. The number of hydrogen-bond acceptors (Lipinski definition) is 5. The van der Waals surface area contributed by atoms with Crippen molar-refractivity contribution in [1.82, 2.24) is 9.66 Å². The number of fused-ring (bicyclic) bond motifs is 3. The highest BCUT2D eigenvalue weighted by Gasteiger charge is 2.17. The minimum absolute atomic E-state index is 0.257. The summed E-state index contributed by atoms with van der Waals surface area (Å²) in [7, 11) is 0. The lowest BCUT2D eigenvalue weighted by Crippen LogP contribution is -2.20. The average Bonchev–Trinajstić information content (AvgIpc) is 3.44. The zero-order chi connectivity index (χ0) is 29.5. The summed E-state index contributed by atoms with van der Waals surface area (Å²) in [6.45, 7) is 0.257. The van der Waals surface area contributed by atoms with Crippen molar-refractivity contribution in [3.8, 4) is 17.3 Å². The van der Waals surface area contributed by atoms with Gasteiger partial charge in [0.1, 0.15) is 17.9 Å². The number of ether oxygens (including phenoxy) is 1. The van der Waals surface area contributed by atoms with E-state index in [2.05, 4.69) is 15.9 Å². The number of halogens is 3. The number of aromatic nitrogens is 2. The zero-order valence-corrected chi connectivity index (χ0v) is 25.4. The van der Waals surface area contributed by atoms with Gasteiger partial charge in [0.2, 0.25) is 5.82 Å². The summed E-state index contributed by atoms with van der Waals surface area (Å²) in [5, 5.41) is 8.86. The van der Waals surface area contributed by atoms with Crippen molar-refractivity contribution in [3.63, 3.8) is 0 Å². The van der Waals surface area contributed by atoms with E-state index < -0.39 is 0 Å². The maximum Gasteiger partial charge on any atom is 0.282 e. The predicted octanol–water partition coefficient (Wildman–Crippen LogP) is 9.49. The molecular formula is C34H20BrCl2N3O3. The molecule has 7 rings (SSSR count). The number of furan rings is 1. The molecule has 7 aromatic rings. The van der Waals surface area contributed by atoms with Gasteiger partial charge in [0.25, 0.3) is 5.56 Å². The molecular weight excluding hydrogens is 649 g/mol. The number of benzene rings is 5. The lowest BCUT2D eigenvalue weighted by atomic mass is 10.0. The van der Waals surface area contributed by atoms with Gasteiger partial charge in [-0.15, -0.1) is 0 Å². The van der Waals surface area contributed by atoms with E-state index in [4.69, 9.17) is 42.4 Å². The van der Waals surface area contributed by atoms with Crippen LogP contribution in [0.25, 0.3) is 44.2 Å². The normalized spacial score (nSPS) is 11.7. The minimum atomic E-state index is -0.322. The van der Waals surface area contributed by atoms with Gasteiger partial charge in [0.05, 0.1) is 27.2 Å². The molecule has 0 aliphatic rings. The van der Waals surface area contributed by atoms with Crippen LogP contribution in [0.5, 0.6) is 5.75 Å². The molecule has 5 aromatic carbocycles. The highest BCUT2D eigenvalue weighted by Crippen LogP contribution is 2.31. The Morgan fingerprint density at radius 1 is 0.860 bits per heavy atom. The van der Waals surface area contributed by atoms with Crippen LogP contribution in [0.3, 0.4) is 0 Å². The van der Waals surface area contributed by atoms with E-state index in [1.165, 1.54) is 4.68 Å². The summed E-state index contributed by atoms with van der Waals surface area (Å²) < 4.78 is 14.6. The molecule has 0 fully saturated rings. The molecule has 0 amide bonds. The molecule has 0 atom stereocenters. The van der Waals surface area contributed by atoms with E-state index in [9.17, 15) is 4.79 Å². The Hall–Kier alpha value is -4.43. The highest BCUT2D eigenvalue weighted by atomic mass is 79.9. The van der Waals surface area contributed by atoms with Crippen molar-refractivity contribution in [2.75, 3.05) is 0 Å². The molecule has 0 bridgehead atoms. The number of para-hydroxylation sites is 1. The van der Waals surface area contributed by atoms with E-state index in [1.54, 1.807) is 36.5 Å². The summed E-state index contributed by atoms with van der Waals surface area (Å²) in [5.41, 5.74) is 2.46. The van der Waals surface area contributed by atoms with Crippen LogP contribution in [0.2, 0.25) is 10.0 Å². The summed E-state index contributed by atoms with van der Waals surface area (Å²) in [6.07, 6.45) is 1.63. The van der Waals surface area contributed by atoms with Crippen LogP contribution in [0.4, 0.5) is 0 Å². The second kappa shape index (κ2) is 11.3. The molecule has 0 radical (unpaired) electrons. The van der Waals surface area contributed by atoms with Crippen LogP contribution >= 0.6 is 39.1 Å². The Morgan fingerprint density at radius 3 is 2.53 bits per heavy atom. The third kappa shape index (κ3) is 5.31. The molecule has 0 saturated carbocycles. The first-order valence-corrected chi connectivity index (χ1v) is 14.8. The first kappa shape index (κ1) is 27.4. The summed E-state index contributed by atoms with van der Waals surface area (Å²) in [6, 6.07) is 31.9. The molecule has 0 N–H and O–H groups in total. The van der Waals surface area contributed by atoms with Crippen LogP contribution in [-0.2, 0) is 6.61 Å². The second-order valence-electron chi connectivity index (χ2n) is 9.84. The molecule has 2 aromatic heterocycles. The van der Waals surface area contributed by atoms with Crippen LogP contribution in [0, 0.1) is 0 Å². The van der Waals surface area contributed by atoms with Crippen LogP contribution in [-0.4, -0.2) is 15.9 Å². The van der Waals surface area contributed by atoms with Gasteiger partial charge in [-0.25, -0.2) is 4.98 Å². The fourth-order valence-electron chi connectivity index (χ4n) is 4.96. The molecule has 6 nitrogen and oxygen atoms in total. The number of rotatable bonds is 6. The van der Waals surface area contributed by atoms with E-state index in [-0.39, 0.29) is 18.0 Å². The average molecular weight is 669 g/mol. The number of hydrogen-bond donors (Lipinski definition) is 0. The first-order chi connectivity index (χ1) is 20.9. The van der Waals surface area contributed by atoms with Crippen molar-refractivity contribution in [2.45, 2.75) is 6.61 Å². The number of nitrogens with zero attached hydrogens (tertiary/aromatic N) is 3. The summed E-state index contributed by atoms with van der Waals surface area (Å²) in [4.78, 5) is 18.6. The van der Waals surface area contributed by atoms with Gasteiger partial charge in [0, 0.05) is 15.4 Å². The van der Waals surface area contributed by atoms with Crippen molar-refractivity contribution in [3.05, 3.63) is 139 Å². The molecule has 9 heteroatoms. The largest absolute Gasteiger partial charge is 0.488 e. The Morgan fingerprint density at radius 2 is 1.67 bits per heavy atom. The Kier molecular flexibility index (Phi) is 7.23. The monoisotopic (exact) mass is 667 g/mol. The Labute approximate surface area is 263 Å². The molecule has 0 saturated heterocycles. The molecule has 0 spiro atoms. The van der Waals surface area contributed by atoms with Gasteiger partial charge in [-0.3, -0.25) is 4.79 Å². The van der Waals surface area contributed by atoms with Gasteiger partial charge >= 0.3 is 0 Å². The van der Waals surface area contributed by atoms with E-state index in [0.29, 0.717) is 43.6 Å². The molecule has 0 unspecified atom stereocenters. The maximum absolute atomic E-state index is 13.8. The maximum atomic E-state index is 13.8. The van der Waals surface area contributed by atoms with Crippen molar-refractivity contribution in [2.24, 2.45) is 5.10 Å². The first-order valence-electron chi connectivity index (χ1n) is 13.3. The lowest BCUT2D eigenvalue weighted by Gasteiger charge is -2.13. The summed E-state index contributed by atoms with van der Waals surface area (Å²) >= 11 is 15.8. The van der Waals surface area contributed by atoms with Gasteiger partial charge < -0.3 is 9.15 Å². The quantitative estimate of drug-likeness (QED) is 0.166. The van der Waals surface area contributed by atoms with Gasteiger partial charge in [-0.2, -0.15) is 9.78 Å². The fourth-order valence-corrected chi connectivity index (χ4v) is 5.65. The molecule has 0 aliphatic heterocycles. The molecule has 43 heavy (non-hydrogen) atoms. The van der Waals surface area contributed by atoms with Gasteiger partial charge in [-0.05, 0) is 70.9 Å². The zero-order valence-electron chi connectivity index (χ0n) is 22.3. The van der Waals surface area contributed by atoms with E-state index >= 15 is 0 Å². The topological polar surface area (TPSA) is 69.6 Å². The van der Waals surface area contributed by atoms with E-state index in [1.807, 2.05) is 72.8 Å². The molecule has 0 aliphatic carbocycles. The van der Waals surface area contributed by atoms with Crippen molar-refractivity contribution < 1.29 is 9.15 Å². The Balaban J connectivity index is 1.37. The fraction of sp³-hybridized carbons (Fsp3) is 0.0294. The van der Waals surface area contributed by atoms with Crippen LogP contribution in [0.1, 0.15) is 11.1 Å². The smallest absolute Gasteiger partial charge is 0.282 e. The third-order valence-electron chi connectivity index (χ3n) is 7.06. The standard InChI is InChI=1S/C34H20BrCl2N3O3/c35-23-11-14-30-22(16-23)17-32(43-30)33-39-29-8-4-3-7-25(29)34(41)40(33)38-18-26-24-6-2-1-5-21(24)10-13-31(26)42-19-20-9-12-27(36)28(37)15-20/h1-18H,19H2. The van der Waals surface area contributed by atoms with Crippen LogP contribution in [0.15, 0.2) is 122 Å². The van der Waals surface area contributed by atoms with Crippen molar-refractivity contribution >= 4 is 78.0 Å².